The lowest BCUT2D eigenvalue weighted by atomic mass is 10.1. The summed E-state index contributed by atoms with van der Waals surface area (Å²) in [4.78, 5) is 58.7. The second-order valence-electron chi connectivity index (χ2n) is 14.2. The number of hydrogen-bond donors (Lipinski definition) is 1. The fraction of sp³-hybridized carbons (Fsp3) is 0.293. The first-order valence-corrected chi connectivity index (χ1v) is 19.4. The van der Waals surface area contributed by atoms with Crippen molar-refractivity contribution >= 4 is 40.6 Å². The normalized spacial score (nSPS) is 14.0. The van der Waals surface area contributed by atoms with Gasteiger partial charge < -0.3 is 29.2 Å². The molecule has 0 saturated carbocycles. The van der Waals surface area contributed by atoms with Gasteiger partial charge >= 0.3 is 6.18 Å². The zero-order valence-corrected chi connectivity index (χ0v) is 33.0. The molecule has 0 bridgehead atoms. The van der Waals surface area contributed by atoms with Crippen LogP contribution < -0.4 is 25.2 Å². The summed E-state index contributed by atoms with van der Waals surface area (Å²) in [6.45, 7) is 4.35. The van der Waals surface area contributed by atoms with Crippen molar-refractivity contribution in [1.82, 2.24) is 34.0 Å². The molecule has 0 spiro atoms. The fourth-order valence-electron chi connectivity index (χ4n) is 7.37. The van der Waals surface area contributed by atoms with Crippen LogP contribution in [0, 0.1) is 12.7 Å². The predicted octanol–water partition coefficient (Wildman–Crippen LogP) is 6.15. The Morgan fingerprint density at radius 1 is 1.02 bits per heavy atom. The number of anilines is 2. The van der Waals surface area contributed by atoms with E-state index in [2.05, 4.69) is 25.4 Å². The van der Waals surface area contributed by atoms with Gasteiger partial charge in [0.25, 0.3) is 11.5 Å². The van der Waals surface area contributed by atoms with Crippen molar-refractivity contribution in [2.24, 2.45) is 0 Å². The Morgan fingerprint density at radius 2 is 1.78 bits per heavy atom. The Kier molecular flexibility index (Phi) is 10.9. The molecule has 6 aromatic rings. The first kappa shape index (κ1) is 40.2. The standard InChI is InChI=1S/C41H36ClF4N9O5/c1-3-31-34(52-12-14-53(15-13-52)38(57)33-35(23(2)47-22-48-33)60-21-24-7-5-4-6-8-24)39(58)55-40(50-37(51-55)26-17-25-11-16-59-36(25)29(43)18-26)54(31)20-32(56)49-30-10-9-27(19-28(30)42)41(44,45)46/h4-10,17-19,22H,3,11-16,20-21H2,1-2H3,(H,49,56). The van der Waals surface area contributed by atoms with Crippen molar-refractivity contribution < 1.29 is 36.6 Å². The molecule has 60 heavy (non-hydrogen) atoms. The van der Waals surface area contributed by atoms with Gasteiger partial charge in [-0.3, -0.25) is 14.4 Å². The van der Waals surface area contributed by atoms with Crippen LogP contribution in [0.3, 0.4) is 0 Å². The zero-order valence-electron chi connectivity index (χ0n) is 32.2. The van der Waals surface area contributed by atoms with E-state index in [4.69, 9.17) is 21.1 Å². The summed E-state index contributed by atoms with van der Waals surface area (Å²) < 4.78 is 69.1. The van der Waals surface area contributed by atoms with E-state index in [1.807, 2.05) is 30.3 Å². The van der Waals surface area contributed by atoms with Crippen LogP contribution in [0.5, 0.6) is 11.5 Å². The summed E-state index contributed by atoms with van der Waals surface area (Å²) >= 11 is 6.16. The number of carbonyl (C=O) groups excluding carboxylic acids is 2. The van der Waals surface area contributed by atoms with E-state index in [9.17, 15) is 27.6 Å². The predicted molar refractivity (Wildman–Crippen MR) is 212 cm³/mol. The highest BCUT2D eigenvalue weighted by Crippen LogP contribution is 2.35. The third kappa shape index (κ3) is 7.81. The van der Waals surface area contributed by atoms with E-state index < -0.39 is 35.6 Å². The van der Waals surface area contributed by atoms with E-state index in [-0.39, 0.29) is 95.9 Å². The molecule has 2 aliphatic rings. The molecule has 0 atom stereocenters. The number of amides is 2. The number of carbonyl (C=O) groups is 2. The number of piperazine rings is 1. The molecular weight excluding hydrogens is 810 g/mol. The van der Waals surface area contributed by atoms with Crippen molar-refractivity contribution in [1.29, 1.82) is 0 Å². The molecule has 3 aromatic carbocycles. The molecule has 310 valence electrons. The summed E-state index contributed by atoms with van der Waals surface area (Å²) in [6.07, 6.45) is -2.65. The van der Waals surface area contributed by atoms with Gasteiger partial charge in [0.15, 0.2) is 28.8 Å². The lowest BCUT2D eigenvalue weighted by Gasteiger charge is -2.36. The van der Waals surface area contributed by atoms with Gasteiger partial charge in [0.2, 0.25) is 11.7 Å². The minimum atomic E-state index is -4.64. The Morgan fingerprint density at radius 3 is 2.50 bits per heavy atom. The number of hydrogen-bond acceptors (Lipinski definition) is 10. The lowest BCUT2D eigenvalue weighted by Crippen LogP contribution is -2.51. The van der Waals surface area contributed by atoms with Crippen LogP contribution in [0.4, 0.5) is 28.9 Å². The van der Waals surface area contributed by atoms with E-state index in [1.54, 1.807) is 29.7 Å². The Balaban J connectivity index is 1.12. The van der Waals surface area contributed by atoms with Crippen molar-refractivity contribution in [3.05, 3.63) is 122 Å². The van der Waals surface area contributed by atoms with Crippen LogP contribution in [0.25, 0.3) is 17.2 Å². The maximum absolute atomic E-state index is 15.1. The van der Waals surface area contributed by atoms with Gasteiger partial charge in [-0.2, -0.15) is 22.7 Å². The number of alkyl halides is 3. The van der Waals surface area contributed by atoms with Crippen LogP contribution in [0.15, 0.2) is 71.8 Å². The molecule has 0 radical (unpaired) electrons. The average Bonchev–Trinajstić information content (AvgIpc) is 3.91. The molecule has 3 aromatic heterocycles. The van der Waals surface area contributed by atoms with E-state index >= 15 is 4.39 Å². The molecule has 8 rings (SSSR count). The first-order valence-electron chi connectivity index (χ1n) is 19.0. The number of benzene rings is 3. The molecule has 0 aliphatic carbocycles. The van der Waals surface area contributed by atoms with Gasteiger partial charge in [-0.05, 0) is 49.2 Å². The molecule has 1 N–H and O–H groups in total. The van der Waals surface area contributed by atoms with Crippen LogP contribution in [0.1, 0.15) is 45.5 Å². The Labute approximate surface area is 344 Å². The molecule has 1 fully saturated rings. The highest BCUT2D eigenvalue weighted by Gasteiger charge is 2.33. The molecule has 14 nitrogen and oxygen atoms in total. The van der Waals surface area contributed by atoms with Crippen LogP contribution in [-0.4, -0.2) is 78.6 Å². The second-order valence-corrected chi connectivity index (χ2v) is 14.6. The number of halogens is 5. The van der Waals surface area contributed by atoms with Gasteiger partial charge in [-0.15, -0.1) is 5.10 Å². The monoisotopic (exact) mass is 845 g/mol. The smallest absolute Gasteiger partial charge is 0.416 e. The van der Waals surface area contributed by atoms with Crippen molar-refractivity contribution in [2.45, 2.75) is 46.0 Å². The fourth-order valence-corrected chi connectivity index (χ4v) is 7.60. The molecular formula is C41H36ClF4N9O5. The van der Waals surface area contributed by atoms with Crippen LogP contribution >= 0.6 is 11.6 Å². The summed E-state index contributed by atoms with van der Waals surface area (Å²) in [7, 11) is 0. The van der Waals surface area contributed by atoms with Crippen molar-refractivity contribution in [3.8, 4) is 22.9 Å². The van der Waals surface area contributed by atoms with Gasteiger partial charge in [0.05, 0.1) is 34.3 Å². The summed E-state index contributed by atoms with van der Waals surface area (Å²) in [6, 6.07) is 14.9. The minimum absolute atomic E-state index is 0.0145. The summed E-state index contributed by atoms with van der Waals surface area (Å²) in [5.74, 6) is -1.29. The number of aryl methyl sites for hydroxylation is 1. The van der Waals surface area contributed by atoms with Crippen molar-refractivity contribution in [2.75, 3.05) is 43.0 Å². The van der Waals surface area contributed by atoms with Gasteiger partial charge in [-0.25, -0.2) is 14.4 Å². The van der Waals surface area contributed by atoms with E-state index in [1.165, 1.54) is 17.0 Å². The van der Waals surface area contributed by atoms with Crippen molar-refractivity contribution in [3.63, 3.8) is 0 Å². The largest absolute Gasteiger partial charge is 0.490 e. The molecule has 2 amide bonds. The maximum Gasteiger partial charge on any atom is 0.416 e. The topological polar surface area (TPSA) is 149 Å². The highest BCUT2D eigenvalue weighted by molar-refractivity contribution is 6.33. The summed E-state index contributed by atoms with van der Waals surface area (Å²) in [5.41, 5.74) is 1.40. The molecule has 1 saturated heterocycles. The lowest BCUT2D eigenvalue weighted by molar-refractivity contribution is -0.137. The zero-order chi connectivity index (χ0) is 42.3. The maximum atomic E-state index is 15.1. The second kappa shape index (κ2) is 16.2. The number of ether oxygens (including phenoxy) is 2. The molecule has 2 aliphatic heterocycles. The number of fused-ring (bicyclic) bond motifs is 2. The van der Waals surface area contributed by atoms with E-state index in [0.717, 1.165) is 22.2 Å². The quantitative estimate of drug-likeness (QED) is 0.159. The number of rotatable bonds is 10. The molecule has 5 heterocycles. The Hall–Kier alpha value is -6.56. The molecule has 19 heteroatoms. The van der Waals surface area contributed by atoms with Crippen LogP contribution in [0.2, 0.25) is 5.02 Å². The van der Waals surface area contributed by atoms with Crippen LogP contribution in [-0.2, 0) is 37.0 Å². The average molecular weight is 846 g/mol. The SMILES string of the molecule is CCc1c(N2CCN(C(=O)c3ncnc(C)c3OCc3ccccc3)CC2)c(=O)n2nc(-c3cc(F)c4c(c3)CCO4)nc2n1CC(=O)Nc1ccc(C(F)(F)F)cc1Cl. The summed E-state index contributed by atoms with van der Waals surface area (Å²) in [5, 5.41) is 6.74. The third-order valence-electron chi connectivity index (χ3n) is 10.3. The minimum Gasteiger partial charge on any atom is -0.490 e. The van der Waals surface area contributed by atoms with E-state index in [0.29, 0.717) is 36.0 Å². The number of nitrogens with one attached hydrogen (secondary N) is 1. The first-order chi connectivity index (χ1) is 28.8. The third-order valence-corrected chi connectivity index (χ3v) is 10.6. The number of aromatic nitrogens is 6. The number of nitrogens with zero attached hydrogens (tertiary/aromatic N) is 8. The van der Waals surface area contributed by atoms with Gasteiger partial charge in [-0.1, -0.05) is 48.9 Å². The van der Waals surface area contributed by atoms with Gasteiger partial charge in [0, 0.05) is 43.7 Å². The molecule has 0 unspecified atom stereocenters. The highest BCUT2D eigenvalue weighted by atomic mass is 35.5. The Bertz CT molecular complexity index is 2700. The van der Waals surface area contributed by atoms with Gasteiger partial charge in [0.1, 0.15) is 25.2 Å².